The van der Waals surface area contributed by atoms with Crippen LogP contribution in [0.4, 0.5) is 5.69 Å². The Labute approximate surface area is 170 Å². The van der Waals surface area contributed by atoms with Gasteiger partial charge in [0.2, 0.25) is 15.9 Å². The number of anilines is 1. The molecule has 0 unspecified atom stereocenters. The number of rotatable bonds is 9. The molecule has 0 heterocycles. The molecule has 2 aromatic rings. The van der Waals surface area contributed by atoms with Gasteiger partial charge in [-0.3, -0.25) is 4.79 Å². The van der Waals surface area contributed by atoms with Crippen LogP contribution in [0.5, 0.6) is 11.5 Å². The highest BCUT2D eigenvalue weighted by Crippen LogP contribution is 2.28. The molecule has 0 aliphatic carbocycles. The van der Waals surface area contributed by atoms with E-state index in [4.69, 9.17) is 21.1 Å². The van der Waals surface area contributed by atoms with Crippen LogP contribution in [0, 0.1) is 0 Å². The van der Waals surface area contributed by atoms with Crippen molar-refractivity contribution in [2.75, 3.05) is 32.1 Å². The summed E-state index contributed by atoms with van der Waals surface area (Å²) in [6, 6.07) is 11.0. The zero-order chi connectivity index (χ0) is 20.7. The molecule has 0 radical (unpaired) electrons. The van der Waals surface area contributed by atoms with E-state index in [2.05, 4.69) is 5.32 Å². The summed E-state index contributed by atoms with van der Waals surface area (Å²) in [6.07, 6.45) is 0. The number of methoxy groups -OCH3 is 1. The number of sulfonamides is 1. The summed E-state index contributed by atoms with van der Waals surface area (Å²) in [6.45, 7) is 3.67. The molecule has 2 aromatic carbocycles. The van der Waals surface area contributed by atoms with Gasteiger partial charge >= 0.3 is 0 Å². The van der Waals surface area contributed by atoms with Gasteiger partial charge in [0.25, 0.3) is 0 Å². The highest BCUT2D eigenvalue weighted by molar-refractivity contribution is 7.89. The van der Waals surface area contributed by atoms with E-state index in [1.807, 2.05) is 0 Å². The van der Waals surface area contributed by atoms with Gasteiger partial charge in [-0.2, -0.15) is 4.31 Å². The van der Waals surface area contributed by atoms with Crippen LogP contribution >= 0.6 is 11.6 Å². The first-order chi connectivity index (χ1) is 13.3. The molecule has 1 amide bonds. The Kier molecular flexibility index (Phi) is 7.68. The summed E-state index contributed by atoms with van der Waals surface area (Å²) in [5.41, 5.74) is 0.516. The SMILES string of the molecule is CCOc1ccc(S(=O)(=O)N(CC)CC(=O)Nc2cccc(OC)c2)cc1Cl. The van der Waals surface area contributed by atoms with Crippen molar-refractivity contribution in [1.82, 2.24) is 4.31 Å². The molecular weight excluding hydrogens is 404 g/mol. The van der Waals surface area contributed by atoms with E-state index in [1.165, 1.54) is 25.3 Å². The molecule has 0 fully saturated rings. The van der Waals surface area contributed by atoms with E-state index in [1.54, 1.807) is 38.1 Å². The number of halogens is 1. The minimum absolute atomic E-state index is 0.00279. The largest absolute Gasteiger partial charge is 0.497 e. The van der Waals surface area contributed by atoms with Crippen molar-refractivity contribution in [3.05, 3.63) is 47.5 Å². The maximum Gasteiger partial charge on any atom is 0.243 e. The van der Waals surface area contributed by atoms with E-state index in [9.17, 15) is 13.2 Å². The lowest BCUT2D eigenvalue weighted by Crippen LogP contribution is -2.37. The highest BCUT2D eigenvalue weighted by atomic mass is 35.5. The first kappa shape index (κ1) is 22.0. The third kappa shape index (κ3) is 5.37. The van der Waals surface area contributed by atoms with Crippen LogP contribution in [-0.2, 0) is 14.8 Å². The smallest absolute Gasteiger partial charge is 0.243 e. The lowest BCUT2D eigenvalue weighted by atomic mass is 10.3. The van der Waals surface area contributed by atoms with E-state index in [-0.39, 0.29) is 23.0 Å². The fraction of sp³-hybridized carbons (Fsp3) is 0.316. The summed E-state index contributed by atoms with van der Waals surface area (Å²) in [7, 11) is -2.38. The summed E-state index contributed by atoms with van der Waals surface area (Å²) < 4.78 is 37.3. The second-order valence-corrected chi connectivity index (χ2v) is 8.08. The number of nitrogens with one attached hydrogen (secondary N) is 1. The molecule has 0 spiro atoms. The topological polar surface area (TPSA) is 84.9 Å². The van der Waals surface area contributed by atoms with Crippen LogP contribution in [0.3, 0.4) is 0 Å². The van der Waals surface area contributed by atoms with Crippen LogP contribution in [0.2, 0.25) is 5.02 Å². The van der Waals surface area contributed by atoms with Crippen molar-refractivity contribution in [3.8, 4) is 11.5 Å². The first-order valence-corrected chi connectivity index (χ1v) is 10.5. The second kappa shape index (κ2) is 9.77. The monoisotopic (exact) mass is 426 g/mol. The highest BCUT2D eigenvalue weighted by Gasteiger charge is 2.26. The number of likely N-dealkylation sites (N-methyl/N-ethyl adjacent to an activating group) is 1. The molecule has 152 valence electrons. The maximum absolute atomic E-state index is 12.9. The van der Waals surface area contributed by atoms with Gasteiger partial charge in [0.1, 0.15) is 11.5 Å². The Bertz CT molecular complexity index is 934. The van der Waals surface area contributed by atoms with Gasteiger partial charge < -0.3 is 14.8 Å². The Balaban J connectivity index is 2.16. The average molecular weight is 427 g/mol. The number of carbonyl (C=O) groups excluding carboxylic acids is 1. The van der Waals surface area contributed by atoms with E-state index < -0.39 is 15.9 Å². The molecule has 0 aliphatic heterocycles. The molecule has 7 nitrogen and oxygen atoms in total. The number of hydrogen-bond acceptors (Lipinski definition) is 5. The van der Waals surface area contributed by atoms with Crippen LogP contribution in [0.15, 0.2) is 47.4 Å². The zero-order valence-corrected chi connectivity index (χ0v) is 17.5. The van der Waals surface area contributed by atoms with Crippen LogP contribution in [0.25, 0.3) is 0 Å². The van der Waals surface area contributed by atoms with E-state index in [0.29, 0.717) is 23.8 Å². The third-order valence-corrected chi connectivity index (χ3v) is 6.08. The van der Waals surface area contributed by atoms with Crippen LogP contribution < -0.4 is 14.8 Å². The molecule has 0 aliphatic rings. The van der Waals surface area contributed by atoms with Gasteiger partial charge in [-0.15, -0.1) is 0 Å². The summed E-state index contributed by atoms with van der Waals surface area (Å²) in [5, 5.41) is 2.87. The quantitative estimate of drug-likeness (QED) is 0.664. The summed E-state index contributed by atoms with van der Waals surface area (Å²) in [5.74, 6) is 0.527. The number of benzene rings is 2. The minimum Gasteiger partial charge on any atom is -0.497 e. The predicted octanol–water partition coefficient (Wildman–Crippen LogP) is 3.40. The first-order valence-electron chi connectivity index (χ1n) is 8.68. The lowest BCUT2D eigenvalue weighted by Gasteiger charge is -2.20. The van der Waals surface area contributed by atoms with Crippen LogP contribution in [-0.4, -0.2) is 45.4 Å². The van der Waals surface area contributed by atoms with E-state index >= 15 is 0 Å². The van der Waals surface area contributed by atoms with Gasteiger partial charge in [-0.25, -0.2) is 8.42 Å². The van der Waals surface area contributed by atoms with Gasteiger partial charge in [0.05, 0.1) is 30.2 Å². The number of hydrogen-bond donors (Lipinski definition) is 1. The van der Waals surface area contributed by atoms with Gasteiger partial charge in [-0.1, -0.05) is 24.6 Å². The standard InChI is InChI=1S/C19H23ClN2O5S/c1-4-22(13-19(23)21-14-7-6-8-15(11-14)26-3)28(24,25)16-9-10-18(27-5-2)17(20)12-16/h6-12H,4-5,13H2,1-3H3,(H,21,23). The molecule has 0 atom stereocenters. The summed E-state index contributed by atoms with van der Waals surface area (Å²) in [4.78, 5) is 12.4. The Morgan fingerprint density at radius 1 is 1.18 bits per heavy atom. The molecule has 28 heavy (non-hydrogen) atoms. The Hall–Kier alpha value is -2.29. The number of nitrogens with zero attached hydrogens (tertiary/aromatic N) is 1. The van der Waals surface area contributed by atoms with Crippen molar-refractivity contribution < 1.29 is 22.7 Å². The van der Waals surface area contributed by atoms with Crippen molar-refractivity contribution in [3.63, 3.8) is 0 Å². The Morgan fingerprint density at radius 2 is 1.93 bits per heavy atom. The maximum atomic E-state index is 12.9. The molecule has 9 heteroatoms. The Morgan fingerprint density at radius 3 is 2.54 bits per heavy atom. The molecule has 0 bridgehead atoms. The minimum atomic E-state index is -3.90. The molecular formula is C19H23ClN2O5S. The lowest BCUT2D eigenvalue weighted by molar-refractivity contribution is -0.116. The fourth-order valence-electron chi connectivity index (χ4n) is 2.49. The van der Waals surface area contributed by atoms with Crippen molar-refractivity contribution in [2.24, 2.45) is 0 Å². The molecule has 1 N–H and O–H groups in total. The number of amides is 1. The van der Waals surface area contributed by atoms with Crippen LogP contribution in [0.1, 0.15) is 13.8 Å². The third-order valence-electron chi connectivity index (χ3n) is 3.87. The fourth-order valence-corrected chi connectivity index (χ4v) is 4.22. The molecule has 2 rings (SSSR count). The number of ether oxygens (including phenoxy) is 2. The van der Waals surface area contributed by atoms with Gasteiger partial charge in [-0.05, 0) is 37.3 Å². The second-order valence-electron chi connectivity index (χ2n) is 5.74. The molecule has 0 saturated carbocycles. The van der Waals surface area contributed by atoms with Gasteiger partial charge in [0.15, 0.2) is 0 Å². The van der Waals surface area contributed by atoms with Crippen molar-refractivity contribution in [2.45, 2.75) is 18.7 Å². The van der Waals surface area contributed by atoms with Gasteiger partial charge in [0, 0.05) is 18.3 Å². The number of carbonyl (C=O) groups is 1. The predicted molar refractivity (Wildman–Crippen MR) is 109 cm³/mol. The zero-order valence-electron chi connectivity index (χ0n) is 15.9. The summed E-state index contributed by atoms with van der Waals surface area (Å²) >= 11 is 6.10. The molecule has 0 aromatic heterocycles. The molecule has 0 saturated heterocycles. The van der Waals surface area contributed by atoms with Crippen molar-refractivity contribution in [1.29, 1.82) is 0 Å². The van der Waals surface area contributed by atoms with Crippen molar-refractivity contribution >= 4 is 33.2 Å². The van der Waals surface area contributed by atoms with E-state index in [0.717, 1.165) is 4.31 Å². The normalized spacial score (nSPS) is 11.3. The average Bonchev–Trinajstić information content (AvgIpc) is 2.67.